The van der Waals surface area contributed by atoms with E-state index in [1.165, 1.54) is 4.31 Å². The molecule has 1 aliphatic rings. The Labute approximate surface area is 159 Å². The van der Waals surface area contributed by atoms with Gasteiger partial charge in [-0.15, -0.1) is 0 Å². The van der Waals surface area contributed by atoms with E-state index in [4.69, 9.17) is 11.6 Å². The SMILES string of the molecule is O=C(CC1CCCCN1S(=O)(=O)c1ccccc1)Nc1ccccc1Cl. The molecule has 0 aromatic heterocycles. The van der Waals surface area contributed by atoms with Crippen LogP contribution in [0.4, 0.5) is 5.69 Å². The number of nitrogens with zero attached hydrogens (tertiary/aromatic N) is 1. The van der Waals surface area contributed by atoms with Crippen molar-refractivity contribution >= 4 is 33.2 Å². The number of para-hydroxylation sites is 1. The smallest absolute Gasteiger partial charge is 0.243 e. The van der Waals surface area contributed by atoms with Gasteiger partial charge in [0.2, 0.25) is 15.9 Å². The van der Waals surface area contributed by atoms with E-state index in [1.54, 1.807) is 54.6 Å². The molecule has 0 radical (unpaired) electrons. The summed E-state index contributed by atoms with van der Waals surface area (Å²) in [7, 11) is -3.61. The molecule has 0 bridgehead atoms. The molecule has 1 saturated heterocycles. The van der Waals surface area contributed by atoms with Crippen LogP contribution >= 0.6 is 11.6 Å². The van der Waals surface area contributed by atoms with Crippen LogP contribution in [0.25, 0.3) is 0 Å². The first kappa shape index (κ1) is 18.9. The lowest BCUT2D eigenvalue weighted by Crippen LogP contribution is -2.45. The second-order valence-electron chi connectivity index (χ2n) is 6.31. The molecule has 1 atom stereocenters. The summed E-state index contributed by atoms with van der Waals surface area (Å²) in [6.07, 6.45) is 2.48. The topological polar surface area (TPSA) is 66.5 Å². The van der Waals surface area contributed by atoms with Crippen LogP contribution in [0.3, 0.4) is 0 Å². The van der Waals surface area contributed by atoms with E-state index in [0.717, 1.165) is 12.8 Å². The van der Waals surface area contributed by atoms with Crippen LogP contribution in [0, 0.1) is 0 Å². The van der Waals surface area contributed by atoms with Gasteiger partial charge in [-0.05, 0) is 37.1 Å². The Bertz CT molecular complexity index is 871. The van der Waals surface area contributed by atoms with Crippen molar-refractivity contribution in [2.75, 3.05) is 11.9 Å². The minimum atomic E-state index is -3.61. The number of nitrogens with one attached hydrogen (secondary N) is 1. The highest BCUT2D eigenvalue weighted by atomic mass is 35.5. The second-order valence-corrected chi connectivity index (χ2v) is 8.61. The maximum atomic E-state index is 13.0. The fraction of sp³-hybridized carbons (Fsp3) is 0.316. The van der Waals surface area contributed by atoms with Crippen molar-refractivity contribution in [1.29, 1.82) is 0 Å². The van der Waals surface area contributed by atoms with Crippen molar-refractivity contribution < 1.29 is 13.2 Å². The van der Waals surface area contributed by atoms with Gasteiger partial charge in [0.1, 0.15) is 0 Å². The Morgan fingerprint density at radius 3 is 2.50 bits per heavy atom. The van der Waals surface area contributed by atoms with Gasteiger partial charge in [-0.1, -0.05) is 48.4 Å². The Balaban J connectivity index is 1.75. The highest BCUT2D eigenvalue weighted by Crippen LogP contribution is 2.28. The van der Waals surface area contributed by atoms with Gasteiger partial charge in [0.15, 0.2) is 0 Å². The minimum Gasteiger partial charge on any atom is -0.325 e. The number of hydrogen-bond acceptors (Lipinski definition) is 3. The number of halogens is 1. The van der Waals surface area contributed by atoms with Crippen molar-refractivity contribution in [2.24, 2.45) is 0 Å². The molecular formula is C19H21ClN2O3S. The van der Waals surface area contributed by atoms with Crippen molar-refractivity contribution in [3.05, 3.63) is 59.6 Å². The minimum absolute atomic E-state index is 0.108. The molecule has 1 unspecified atom stereocenters. The third kappa shape index (κ3) is 4.26. The van der Waals surface area contributed by atoms with Gasteiger partial charge in [0, 0.05) is 19.0 Å². The molecule has 1 fully saturated rings. The maximum Gasteiger partial charge on any atom is 0.243 e. The fourth-order valence-corrected chi connectivity index (χ4v) is 5.10. The lowest BCUT2D eigenvalue weighted by atomic mass is 10.0. The first-order valence-electron chi connectivity index (χ1n) is 8.60. The van der Waals surface area contributed by atoms with E-state index in [0.29, 0.717) is 23.7 Å². The summed E-state index contributed by atoms with van der Waals surface area (Å²) in [6.45, 7) is 0.432. The Kier molecular flexibility index (Phi) is 5.96. The third-order valence-corrected chi connectivity index (χ3v) is 6.79. The van der Waals surface area contributed by atoms with Crippen LogP contribution in [0.1, 0.15) is 25.7 Å². The highest BCUT2D eigenvalue weighted by Gasteiger charge is 2.34. The van der Waals surface area contributed by atoms with Gasteiger partial charge in [0.05, 0.1) is 15.6 Å². The summed E-state index contributed by atoms with van der Waals surface area (Å²) in [5.41, 5.74) is 0.535. The average molecular weight is 393 g/mol. The van der Waals surface area contributed by atoms with Crippen LogP contribution in [-0.4, -0.2) is 31.2 Å². The molecule has 1 N–H and O–H groups in total. The molecule has 2 aromatic carbocycles. The molecule has 5 nitrogen and oxygen atoms in total. The summed E-state index contributed by atoms with van der Waals surface area (Å²) < 4.78 is 27.4. The molecule has 7 heteroatoms. The van der Waals surface area contributed by atoms with E-state index < -0.39 is 10.0 Å². The summed E-state index contributed by atoms with van der Waals surface area (Å²) >= 11 is 6.07. The van der Waals surface area contributed by atoms with E-state index in [9.17, 15) is 13.2 Å². The largest absolute Gasteiger partial charge is 0.325 e. The van der Waals surface area contributed by atoms with Gasteiger partial charge >= 0.3 is 0 Å². The van der Waals surface area contributed by atoms with Crippen LogP contribution in [0.5, 0.6) is 0 Å². The van der Waals surface area contributed by atoms with Gasteiger partial charge in [-0.25, -0.2) is 8.42 Å². The standard InChI is InChI=1S/C19H21ClN2O3S/c20-17-11-4-5-12-18(17)21-19(23)14-15-8-6-7-13-22(15)26(24,25)16-9-2-1-3-10-16/h1-5,9-12,15H,6-8,13-14H2,(H,21,23). The van der Waals surface area contributed by atoms with E-state index in [1.807, 2.05) is 0 Å². The zero-order chi connectivity index (χ0) is 18.6. The molecule has 0 spiro atoms. The van der Waals surface area contributed by atoms with Gasteiger partial charge < -0.3 is 5.32 Å². The first-order chi connectivity index (χ1) is 12.5. The number of amides is 1. The lowest BCUT2D eigenvalue weighted by Gasteiger charge is -2.34. The average Bonchev–Trinajstić information content (AvgIpc) is 2.65. The van der Waals surface area contributed by atoms with Crippen LogP contribution in [-0.2, 0) is 14.8 Å². The van der Waals surface area contributed by atoms with E-state index in [2.05, 4.69) is 5.32 Å². The number of sulfonamides is 1. The molecule has 26 heavy (non-hydrogen) atoms. The van der Waals surface area contributed by atoms with E-state index in [-0.39, 0.29) is 23.3 Å². The number of carbonyl (C=O) groups excluding carboxylic acids is 1. The monoisotopic (exact) mass is 392 g/mol. The third-order valence-electron chi connectivity index (χ3n) is 4.49. The predicted molar refractivity (Wildman–Crippen MR) is 103 cm³/mol. The molecular weight excluding hydrogens is 372 g/mol. The summed E-state index contributed by atoms with van der Waals surface area (Å²) in [6, 6.07) is 15.0. The van der Waals surface area contributed by atoms with Crippen molar-refractivity contribution in [1.82, 2.24) is 4.31 Å². The molecule has 1 aliphatic heterocycles. The summed E-state index contributed by atoms with van der Waals surface area (Å²) in [4.78, 5) is 12.7. The molecule has 2 aromatic rings. The Morgan fingerprint density at radius 2 is 1.77 bits per heavy atom. The molecule has 1 heterocycles. The quantitative estimate of drug-likeness (QED) is 0.838. The second kappa shape index (κ2) is 8.20. The molecule has 0 aliphatic carbocycles. The number of rotatable bonds is 5. The Hall–Kier alpha value is -1.89. The van der Waals surface area contributed by atoms with Crippen molar-refractivity contribution in [2.45, 2.75) is 36.6 Å². The number of anilines is 1. The van der Waals surface area contributed by atoms with Crippen LogP contribution < -0.4 is 5.32 Å². The van der Waals surface area contributed by atoms with Crippen LogP contribution in [0.15, 0.2) is 59.5 Å². The maximum absolute atomic E-state index is 13.0. The molecule has 3 rings (SSSR count). The van der Waals surface area contributed by atoms with Gasteiger partial charge in [0.25, 0.3) is 0 Å². The molecule has 0 saturated carbocycles. The molecule has 138 valence electrons. The van der Waals surface area contributed by atoms with Crippen LogP contribution in [0.2, 0.25) is 5.02 Å². The zero-order valence-electron chi connectivity index (χ0n) is 14.3. The number of benzene rings is 2. The number of piperidine rings is 1. The van der Waals surface area contributed by atoms with Crippen molar-refractivity contribution in [3.8, 4) is 0 Å². The molecule has 1 amide bonds. The lowest BCUT2D eigenvalue weighted by molar-refractivity contribution is -0.117. The van der Waals surface area contributed by atoms with E-state index >= 15 is 0 Å². The van der Waals surface area contributed by atoms with Gasteiger partial charge in [-0.2, -0.15) is 4.31 Å². The highest BCUT2D eigenvalue weighted by molar-refractivity contribution is 7.89. The fourth-order valence-electron chi connectivity index (χ4n) is 3.20. The Morgan fingerprint density at radius 1 is 1.08 bits per heavy atom. The van der Waals surface area contributed by atoms with Crippen molar-refractivity contribution in [3.63, 3.8) is 0 Å². The normalized spacial score (nSPS) is 18.4. The summed E-state index contributed by atoms with van der Waals surface area (Å²) in [5, 5.41) is 3.23. The number of carbonyl (C=O) groups is 1. The number of hydrogen-bond donors (Lipinski definition) is 1. The predicted octanol–water partition coefficient (Wildman–Crippen LogP) is 3.91. The first-order valence-corrected chi connectivity index (χ1v) is 10.4. The summed E-state index contributed by atoms with van der Waals surface area (Å²) in [5.74, 6) is -0.238. The van der Waals surface area contributed by atoms with Gasteiger partial charge in [-0.3, -0.25) is 4.79 Å². The zero-order valence-corrected chi connectivity index (χ0v) is 15.8.